The van der Waals surface area contributed by atoms with Gasteiger partial charge in [0.1, 0.15) is 11.5 Å². The molecule has 2 heteroatoms. The first-order valence-corrected chi connectivity index (χ1v) is 25.4. The molecule has 0 saturated heterocycles. The summed E-state index contributed by atoms with van der Waals surface area (Å²) in [7, 11) is 0. The van der Waals surface area contributed by atoms with Crippen LogP contribution in [0.25, 0.3) is 6.08 Å². The van der Waals surface area contributed by atoms with Crippen LogP contribution in [0.15, 0.2) is 130 Å². The lowest BCUT2D eigenvalue weighted by atomic mass is 9.57. The Labute approximate surface area is 366 Å². The van der Waals surface area contributed by atoms with Crippen LogP contribution in [-0.2, 0) is 12.8 Å². The molecule has 15 unspecified atom stereocenters. The summed E-state index contributed by atoms with van der Waals surface area (Å²) in [6.45, 7) is 7.69. The van der Waals surface area contributed by atoms with E-state index in [1.165, 1.54) is 88.6 Å². The molecule has 0 bridgehead atoms. The predicted octanol–water partition coefficient (Wildman–Crippen LogP) is 14.2. The molecule has 1 spiro atoms. The minimum atomic E-state index is 0.115. The van der Waals surface area contributed by atoms with Gasteiger partial charge in [-0.1, -0.05) is 141 Å². The first kappa shape index (κ1) is 37.9. The number of hydrogen-bond acceptors (Lipinski definition) is 2. The number of rotatable bonds is 4. The highest BCUT2D eigenvalue weighted by Crippen LogP contribution is 2.74. The summed E-state index contributed by atoms with van der Waals surface area (Å²) in [4.78, 5) is 3.22. The van der Waals surface area contributed by atoms with Crippen LogP contribution in [0.5, 0.6) is 0 Å². The molecule has 13 rings (SSSR count). The number of furan rings is 1. The smallest absolute Gasteiger partial charge is 0.131 e. The summed E-state index contributed by atoms with van der Waals surface area (Å²) in [5.74, 6) is 9.27. The van der Waals surface area contributed by atoms with Crippen LogP contribution in [-0.4, -0.2) is 17.0 Å². The van der Waals surface area contributed by atoms with E-state index < -0.39 is 0 Å². The fraction of sp³-hybridized carbons (Fsp3) is 0.559. The average Bonchev–Trinajstić information content (AvgIpc) is 3.99. The zero-order chi connectivity index (χ0) is 40.6. The Balaban J connectivity index is 0.961. The molecule has 1 heterocycles. The summed E-state index contributed by atoms with van der Waals surface area (Å²) in [5.41, 5.74) is 10.7. The molecule has 1 aromatic rings. The van der Waals surface area contributed by atoms with Gasteiger partial charge in [-0.25, -0.2) is 0 Å². The Hall–Kier alpha value is -3.62. The molecular formula is C59H69NO. The monoisotopic (exact) mass is 808 g/mol. The molecule has 0 amide bonds. The topological polar surface area (TPSA) is 16.4 Å². The van der Waals surface area contributed by atoms with E-state index in [1.807, 2.05) is 11.1 Å². The van der Waals surface area contributed by atoms with E-state index in [-0.39, 0.29) is 10.8 Å². The van der Waals surface area contributed by atoms with Crippen molar-refractivity contribution < 1.29 is 4.42 Å². The van der Waals surface area contributed by atoms with E-state index in [1.54, 1.807) is 22.3 Å². The maximum atomic E-state index is 6.88. The standard InChI is InChI=1S/C59H69NO/c1-36-16-4-5-17-39(36)37-30-32-42-43-33-31-38(35-51(43)59(50(42)34-37)47-23-11-6-18-40(47)41-19-7-12-24-48(41)59)60(53-27-15-29-55-57(53)45-21-9-13-28-54(45)61-55)52-26-14-25-49-56(52)44-20-8-10-22-46(44)58(49,2)3/h4-6,8,10-11,15,18,20,22-25,29-33,36-41,43-44,46-47,51-53,56H,7,9,12-14,16-17,19,21,26-28,34-35H2,1-3H3. The molecule has 0 aliphatic heterocycles. The number of nitrogens with zero attached hydrogens (tertiary/aromatic N) is 1. The molecule has 316 valence electrons. The third-order valence-electron chi connectivity index (χ3n) is 19.8. The molecule has 2 saturated carbocycles. The second-order valence-corrected chi connectivity index (χ2v) is 22.5. The Morgan fingerprint density at radius 1 is 0.738 bits per heavy atom. The molecule has 15 atom stereocenters. The van der Waals surface area contributed by atoms with E-state index in [4.69, 9.17) is 4.42 Å². The van der Waals surface area contributed by atoms with Gasteiger partial charge in [0, 0.05) is 47.4 Å². The Morgan fingerprint density at radius 3 is 2.46 bits per heavy atom. The van der Waals surface area contributed by atoms with Crippen molar-refractivity contribution in [3.8, 4) is 0 Å². The minimum Gasteiger partial charge on any atom is -0.461 e. The maximum absolute atomic E-state index is 6.88. The van der Waals surface area contributed by atoms with Gasteiger partial charge in [0.2, 0.25) is 0 Å². The van der Waals surface area contributed by atoms with Gasteiger partial charge in [-0.15, -0.1) is 0 Å². The zero-order valence-electron chi connectivity index (χ0n) is 37.2. The number of fused-ring (bicyclic) bond motifs is 15. The summed E-state index contributed by atoms with van der Waals surface area (Å²) in [6, 6.07) is 1.24. The molecule has 12 aliphatic rings. The number of allylic oxidation sites excluding steroid dienone is 18. The fourth-order valence-electron chi connectivity index (χ4n) is 17.5. The summed E-state index contributed by atoms with van der Waals surface area (Å²) in [6.07, 6.45) is 64.0. The van der Waals surface area contributed by atoms with Gasteiger partial charge in [-0.05, 0) is 159 Å². The van der Waals surface area contributed by atoms with Gasteiger partial charge in [0.25, 0.3) is 0 Å². The third-order valence-corrected chi connectivity index (χ3v) is 19.8. The van der Waals surface area contributed by atoms with Crippen LogP contribution in [0, 0.1) is 75.9 Å². The highest BCUT2D eigenvalue weighted by atomic mass is 16.3. The first-order valence-electron chi connectivity index (χ1n) is 25.4. The lowest BCUT2D eigenvalue weighted by Gasteiger charge is -2.52. The largest absolute Gasteiger partial charge is 0.461 e. The van der Waals surface area contributed by atoms with Crippen molar-refractivity contribution in [2.24, 2.45) is 75.9 Å². The molecule has 61 heavy (non-hydrogen) atoms. The van der Waals surface area contributed by atoms with Gasteiger partial charge in [0.05, 0.1) is 0 Å². The second kappa shape index (κ2) is 14.2. The molecule has 2 fully saturated rings. The molecule has 0 N–H and O–H groups in total. The molecule has 12 aliphatic carbocycles. The highest BCUT2D eigenvalue weighted by molar-refractivity contribution is 5.59. The lowest BCUT2D eigenvalue weighted by molar-refractivity contribution is 0.0269. The Bertz CT molecular complexity index is 2340. The quantitative estimate of drug-likeness (QED) is 0.282. The van der Waals surface area contributed by atoms with Crippen LogP contribution in [0.1, 0.15) is 127 Å². The van der Waals surface area contributed by atoms with Crippen molar-refractivity contribution >= 4 is 6.08 Å². The van der Waals surface area contributed by atoms with Crippen LogP contribution in [0.3, 0.4) is 0 Å². The van der Waals surface area contributed by atoms with E-state index in [0.717, 1.165) is 24.7 Å². The van der Waals surface area contributed by atoms with E-state index >= 15 is 0 Å². The third kappa shape index (κ3) is 5.30. The Morgan fingerprint density at radius 2 is 1.56 bits per heavy atom. The van der Waals surface area contributed by atoms with Gasteiger partial charge < -0.3 is 4.42 Å². The lowest BCUT2D eigenvalue weighted by Crippen LogP contribution is -2.53. The van der Waals surface area contributed by atoms with E-state index in [9.17, 15) is 0 Å². The minimum absolute atomic E-state index is 0.115. The van der Waals surface area contributed by atoms with Crippen LogP contribution >= 0.6 is 0 Å². The molecule has 1 aromatic heterocycles. The van der Waals surface area contributed by atoms with Crippen molar-refractivity contribution in [2.45, 2.75) is 129 Å². The summed E-state index contributed by atoms with van der Waals surface area (Å²) in [5, 5.41) is 0. The van der Waals surface area contributed by atoms with Crippen molar-refractivity contribution in [2.75, 3.05) is 0 Å². The summed E-state index contributed by atoms with van der Waals surface area (Å²) < 4.78 is 6.88. The van der Waals surface area contributed by atoms with Crippen molar-refractivity contribution in [1.82, 2.24) is 4.90 Å². The van der Waals surface area contributed by atoms with Gasteiger partial charge in [0.15, 0.2) is 0 Å². The van der Waals surface area contributed by atoms with E-state index in [0.29, 0.717) is 71.4 Å². The molecular weight excluding hydrogens is 739 g/mol. The average molecular weight is 808 g/mol. The molecule has 2 nitrogen and oxygen atoms in total. The zero-order valence-corrected chi connectivity index (χ0v) is 37.2. The SMILES string of the molecule is CC1CC=CCC1C1C=CC2=C(C1)C1(C3=CCCCC3C3C=CC=CC31)C1CC(N(C3CC=Cc4oc5c(c43)CCCC5)C3CCC=C4C3C3C=CC=CC3C4(C)C)C=CC21. The van der Waals surface area contributed by atoms with Gasteiger partial charge >= 0.3 is 0 Å². The van der Waals surface area contributed by atoms with Gasteiger partial charge in [-0.3, -0.25) is 4.90 Å². The fourth-order valence-corrected chi connectivity index (χ4v) is 17.5. The highest BCUT2D eigenvalue weighted by Gasteiger charge is 2.67. The van der Waals surface area contributed by atoms with Crippen molar-refractivity contribution in [3.05, 3.63) is 148 Å². The number of hydrogen-bond donors (Lipinski definition) is 0. The normalized spacial score (nSPS) is 44.0. The maximum Gasteiger partial charge on any atom is 0.131 e. The Kier molecular flexibility index (Phi) is 8.82. The van der Waals surface area contributed by atoms with Crippen LogP contribution in [0.2, 0.25) is 0 Å². The van der Waals surface area contributed by atoms with Crippen molar-refractivity contribution in [3.63, 3.8) is 0 Å². The second-order valence-electron chi connectivity index (χ2n) is 22.5. The number of aryl methyl sites for hydroxylation is 1. The van der Waals surface area contributed by atoms with Crippen molar-refractivity contribution in [1.29, 1.82) is 0 Å². The predicted molar refractivity (Wildman–Crippen MR) is 250 cm³/mol. The van der Waals surface area contributed by atoms with Crippen LogP contribution < -0.4 is 0 Å². The van der Waals surface area contributed by atoms with Crippen LogP contribution in [0.4, 0.5) is 0 Å². The van der Waals surface area contributed by atoms with E-state index in [2.05, 4.69) is 135 Å². The first-order chi connectivity index (χ1) is 29.9. The summed E-state index contributed by atoms with van der Waals surface area (Å²) >= 11 is 0. The molecule has 0 aromatic carbocycles. The molecule has 0 radical (unpaired) electrons. The van der Waals surface area contributed by atoms with Gasteiger partial charge in [-0.2, -0.15) is 0 Å².